The molecule has 0 aromatic heterocycles. The number of methoxy groups -OCH3 is 1. The molecule has 1 spiro atoms. The number of carbonyl (C=O) groups is 2. The van der Waals surface area contributed by atoms with Crippen molar-refractivity contribution in [3.8, 4) is 11.5 Å². The number of fused-ring (bicyclic) bond motifs is 4. The Labute approximate surface area is 202 Å². The van der Waals surface area contributed by atoms with Gasteiger partial charge in [-0.2, -0.15) is 0 Å². The van der Waals surface area contributed by atoms with Crippen molar-refractivity contribution in [3.63, 3.8) is 0 Å². The number of phenols is 2. The van der Waals surface area contributed by atoms with E-state index in [4.69, 9.17) is 9.47 Å². The first-order chi connectivity index (χ1) is 16.9. The molecule has 5 atom stereocenters. The molecular formula is C27H26N2O6. The zero-order valence-electron chi connectivity index (χ0n) is 19.5. The van der Waals surface area contributed by atoms with Crippen molar-refractivity contribution in [1.29, 1.82) is 0 Å². The lowest BCUT2D eigenvalue weighted by Crippen LogP contribution is -2.82. The summed E-state index contributed by atoms with van der Waals surface area (Å²) in [7, 11) is 1.40. The van der Waals surface area contributed by atoms with Crippen molar-refractivity contribution in [1.82, 2.24) is 4.90 Å². The van der Waals surface area contributed by atoms with Crippen LogP contribution in [0.1, 0.15) is 41.3 Å². The zero-order chi connectivity index (χ0) is 24.3. The van der Waals surface area contributed by atoms with E-state index in [1.54, 1.807) is 6.07 Å². The maximum absolute atomic E-state index is 13.6. The predicted octanol–water partition coefficient (Wildman–Crippen LogP) is 2.67. The van der Waals surface area contributed by atoms with Crippen LogP contribution in [0.3, 0.4) is 0 Å². The van der Waals surface area contributed by atoms with Gasteiger partial charge in [0.1, 0.15) is 11.6 Å². The molecule has 7 rings (SSSR count). The van der Waals surface area contributed by atoms with E-state index in [2.05, 4.69) is 11.0 Å². The number of hydrogen-bond donors (Lipinski definition) is 2. The number of aromatic hydroxyl groups is 2. The Bertz CT molecular complexity index is 1350. The van der Waals surface area contributed by atoms with Crippen molar-refractivity contribution in [2.45, 2.75) is 43.0 Å². The average molecular weight is 475 g/mol. The maximum atomic E-state index is 13.6. The summed E-state index contributed by atoms with van der Waals surface area (Å²) in [5.41, 5.74) is 1.63. The largest absolute Gasteiger partial charge is 0.504 e. The first-order valence-corrected chi connectivity index (χ1v) is 12.0. The van der Waals surface area contributed by atoms with Crippen molar-refractivity contribution < 1.29 is 29.3 Å². The molecule has 0 saturated carbocycles. The van der Waals surface area contributed by atoms with Crippen molar-refractivity contribution in [2.75, 3.05) is 25.1 Å². The number of allylic oxidation sites excluding steroid dienone is 1. The van der Waals surface area contributed by atoms with Crippen molar-refractivity contribution >= 4 is 17.6 Å². The summed E-state index contributed by atoms with van der Waals surface area (Å²) >= 11 is 0. The molecule has 0 aliphatic carbocycles. The number of para-hydroxylation sites is 1. The second-order valence-electron chi connectivity index (χ2n) is 10.1. The average Bonchev–Trinajstić information content (AvgIpc) is 3.12. The Morgan fingerprint density at radius 3 is 2.77 bits per heavy atom. The Hall–Kier alpha value is -3.52. The molecule has 0 amide bonds. The van der Waals surface area contributed by atoms with E-state index in [0.717, 1.165) is 17.8 Å². The van der Waals surface area contributed by atoms with Gasteiger partial charge in [0.25, 0.3) is 0 Å². The van der Waals surface area contributed by atoms with Gasteiger partial charge in [-0.15, -0.1) is 0 Å². The van der Waals surface area contributed by atoms with Gasteiger partial charge in [-0.05, 0) is 43.0 Å². The molecule has 5 unspecified atom stereocenters. The molecule has 35 heavy (non-hydrogen) atoms. The standard InChI is InChI=1S/C27H26N2O6/c1-3-14-13-28-11-10-26-16-6-4-5-7-18(16)29-22(25(33)34-2)15(14)12-20(28)27(26,29)35-24(32)21-17(26)8-9-19(30)23(21)31/h3-9,15,20,22,30-31H,10-13H2,1-2H3. The van der Waals surface area contributed by atoms with E-state index in [-0.39, 0.29) is 29.2 Å². The number of phenolic OH excluding ortho intramolecular Hbond substituents is 2. The molecule has 2 N–H and O–H groups in total. The van der Waals surface area contributed by atoms with Gasteiger partial charge in [0.15, 0.2) is 11.5 Å². The van der Waals surface area contributed by atoms with Crippen LogP contribution in [0.5, 0.6) is 11.5 Å². The number of esters is 2. The minimum absolute atomic E-state index is 0.00224. The van der Waals surface area contributed by atoms with Crippen LogP contribution in [0.2, 0.25) is 0 Å². The van der Waals surface area contributed by atoms with Crippen molar-refractivity contribution in [2.24, 2.45) is 5.92 Å². The van der Waals surface area contributed by atoms with E-state index >= 15 is 0 Å². The molecule has 0 radical (unpaired) electrons. The maximum Gasteiger partial charge on any atom is 0.344 e. The first-order valence-electron chi connectivity index (χ1n) is 12.0. The molecule has 2 aromatic rings. The summed E-state index contributed by atoms with van der Waals surface area (Å²) in [5, 5.41) is 21.0. The molecule has 3 fully saturated rings. The van der Waals surface area contributed by atoms with Crippen molar-refractivity contribution in [3.05, 3.63) is 64.7 Å². The highest BCUT2D eigenvalue weighted by molar-refractivity contribution is 6.00. The monoisotopic (exact) mass is 474 g/mol. The molecule has 8 nitrogen and oxygen atoms in total. The van der Waals surface area contributed by atoms with Crippen LogP contribution < -0.4 is 4.90 Å². The number of anilines is 1. The lowest BCUT2D eigenvalue weighted by molar-refractivity contribution is -0.174. The second-order valence-corrected chi connectivity index (χ2v) is 10.1. The minimum Gasteiger partial charge on any atom is -0.504 e. The highest BCUT2D eigenvalue weighted by Crippen LogP contribution is 2.69. The van der Waals surface area contributed by atoms with Crippen LogP contribution >= 0.6 is 0 Å². The van der Waals surface area contributed by atoms with Gasteiger partial charge >= 0.3 is 11.9 Å². The summed E-state index contributed by atoms with van der Waals surface area (Å²) in [6.45, 7) is 3.47. The smallest absolute Gasteiger partial charge is 0.344 e. The van der Waals surface area contributed by atoms with Gasteiger partial charge < -0.3 is 24.6 Å². The summed E-state index contributed by atoms with van der Waals surface area (Å²) in [5.74, 6) is -1.95. The SMILES string of the molecule is CC=C1CN2CCC34c5ccccc5N5C(C(=O)OC)C1CC2C53OC(=O)c1c4ccc(O)c1O. The van der Waals surface area contributed by atoms with E-state index in [1.807, 2.05) is 36.1 Å². The number of piperidine rings is 3. The topological polar surface area (TPSA) is 99.5 Å². The van der Waals surface area contributed by atoms with E-state index in [0.29, 0.717) is 24.9 Å². The molecule has 5 aliphatic heterocycles. The molecular weight excluding hydrogens is 448 g/mol. The number of ether oxygens (including phenoxy) is 2. The van der Waals surface area contributed by atoms with Gasteiger partial charge in [0, 0.05) is 24.7 Å². The number of carbonyl (C=O) groups excluding carboxylic acids is 2. The number of benzene rings is 2. The normalized spacial score (nSPS) is 35.1. The number of rotatable bonds is 1. The van der Waals surface area contributed by atoms with Crippen LogP contribution in [0.25, 0.3) is 0 Å². The third kappa shape index (κ3) is 2.10. The fraction of sp³-hybridized carbons (Fsp3) is 0.407. The summed E-state index contributed by atoms with van der Waals surface area (Å²) in [4.78, 5) is 31.5. The fourth-order valence-electron chi connectivity index (χ4n) is 7.91. The number of nitrogens with zero attached hydrogens (tertiary/aromatic N) is 2. The molecule has 5 heterocycles. The van der Waals surface area contributed by atoms with Gasteiger partial charge in [-0.1, -0.05) is 35.9 Å². The van der Waals surface area contributed by atoms with E-state index < -0.39 is 28.9 Å². The third-order valence-corrected chi connectivity index (χ3v) is 9.14. The van der Waals surface area contributed by atoms with E-state index in [1.165, 1.54) is 18.7 Å². The Morgan fingerprint density at radius 2 is 2.00 bits per heavy atom. The molecule has 2 bridgehead atoms. The van der Waals surface area contributed by atoms with Crippen LogP contribution in [-0.2, 0) is 19.7 Å². The summed E-state index contributed by atoms with van der Waals surface area (Å²) in [6, 6.07) is 10.3. The van der Waals surface area contributed by atoms with Crippen LogP contribution in [0.15, 0.2) is 48.0 Å². The molecule has 180 valence electrons. The quantitative estimate of drug-likeness (QED) is 0.370. The summed E-state index contributed by atoms with van der Waals surface area (Å²) < 4.78 is 11.8. The van der Waals surface area contributed by atoms with Gasteiger partial charge in [0.2, 0.25) is 5.72 Å². The molecule has 3 saturated heterocycles. The van der Waals surface area contributed by atoms with E-state index in [9.17, 15) is 19.8 Å². The molecule has 5 aliphatic rings. The van der Waals surface area contributed by atoms with Gasteiger partial charge in [-0.3, -0.25) is 4.90 Å². The lowest BCUT2D eigenvalue weighted by Gasteiger charge is -2.67. The fourth-order valence-corrected chi connectivity index (χ4v) is 7.91. The molecule has 2 aromatic carbocycles. The molecule has 8 heteroatoms. The zero-order valence-corrected chi connectivity index (χ0v) is 19.5. The Kier molecular flexibility index (Phi) is 3.91. The third-order valence-electron chi connectivity index (χ3n) is 9.14. The highest BCUT2D eigenvalue weighted by Gasteiger charge is 2.78. The van der Waals surface area contributed by atoms with Crippen LogP contribution in [-0.4, -0.2) is 65.1 Å². The Balaban J connectivity index is 1.61. The van der Waals surface area contributed by atoms with Gasteiger partial charge in [-0.25, -0.2) is 9.59 Å². The first kappa shape index (κ1) is 20.8. The predicted molar refractivity (Wildman–Crippen MR) is 125 cm³/mol. The number of hydrogen-bond acceptors (Lipinski definition) is 8. The highest BCUT2D eigenvalue weighted by atomic mass is 16.6. The Morgan fingerprint density at radius 1 is 1.20 bits per heavy atom. The second kappa shape index (κ2) is 6.57. The lowest BCUT2D eigenvalue weighted by atomic mass is 9.56. The van der Waals surface area contributed by atoms with Crippen LogP contribution in [0.4, 0.5) is 5.69 Å². The van der Waals surface area contributed by atoms with Crippen LogP contribution in [0, 0.1) is 5.92 Å². The summed E-state index contributed by atoms with van der Waals surface area (Å²) in [6.07, 6.45) is 3.37. The van der Waals surface area contributed by atoms with Gasteiger partial charge in [0.05, 0.1) is 18.6 Å². The minimum atomic E-state index is -1.18.